The first kappa shape index (κ1) is 17.7. The Morgan fingerprint density at radius 1 is 1.30 bits per heavy atom. The lowest BCUT2D eigenvalue weighted by molar-refractivity contribution is -0.126. The zero-order valence-electron chi connectivity index (χ0n) is 12.9. The second-order valence-corrected chi connectivity index (χ2v) is 6.49. The van der Waals surface area contributed by atoms with Gasteiger partial charge in [0.25, 0.3) is 5.91 Å². The van der Waals surface area contributed by atoms with Crippen molar-refractivity contribution in [3.05, 3.63) is 28.5 Å². The Kier molecular flexibility index (Phi) is 6.38. The summed E-state index contributed by atoms with van der Waals surface area (Å²) in [6.07, 6.45) is 4.38. The van der Waals surface area contributed by atoms with E-state index in [0.717, 1.165) is 25.7 Å². The van der Waals surface area contributed by atoms with E-state index in [1.165, 1.54) is 31.5 Å². The number of hydrogen-bond acceptors (Lipinski definition) is 3. The molecule has 0 unspecified atom stereocenters. The molecule has 23 heavy (non-hydrogen) atoms. The zero-order valence-corrected chi connectivity index (χ0v) is 14.5. The Morgan fingerprint density at radius 2 is 2.00 bits per heavy atom. The van der Waals surface area contributed by atoms with Crippen molar-refractivity contribution in [2.75, 3.05) is 0 Å². The number of amides is 3. The lowest BCUT2D eigenvalue weighted by Crippen LogP contribution is -2.48. The Bertz CT molecular complexity index is 576. The average molecular weight is 387 g/mol. The Morgan fingerprint density at radius 3 is 2.65 bits per heavy atom. The number of imide groups is 1. The summed E-state index contributed by atoms with van der Waals surface area (Å²) in [5.41, 5.74) is 0. The maximum absolute atomic E-state index is 13.0. The summed E-state index contributed by atoms with van der Waals surface area (Å²) in [6, 6.07) is 3.52. The Balaban J connectivity index is 1.83. The quantitative estimate of drug-likeness (QED) is 0.831. The van der Waals surface area contributed by atoms with Gasteiger partial charge in [0.1, 0.15) is 11.6 Å². The summed E-state index contributed by atoms with van der Waals surface area (Å²) in [5, 5.41) is 5.08. The molecule has 1 saturated carbocycles. The molecule has 126 valence electrons. The maximum atomic E-state index is 13.0. The van der Waals surface area contributed by atoms with E-state index in [9.17, 15) is 14.0 Å². The number of ether oxygens (including phenoxy) is 1. The number of urea groups is 1. The first-order chi connectivity index (χ1) is 11.0. The molecule has 7 heteroatoms. The van der Waals surface area contributed by atoms with E-state index in [-0.39, 0.29) is 6.04 Å². The lowest BCUT2D eigenvalue weighted by atomic mass is 9.96. The largest absolute Gasteiger partial charge is 0.480 e. The number of carbonyl (C=O) groups is 2. The molecule has 0 radical (unpaired) electrons. The molecule has 5 nitrogen and oxygen atoms in total. The summed E-state index contributed by atoms with van der Waals surface area (Å²) in [6.45, 7) is 1.53. The number of hydrogen-bond donors (Lipinski definition) is 2. The summed E-state index contributed by atoms with van der Waals surface area (Å²) in [4.78, 5) is 23.8. The van der Waals surface area contributed by atoms with Crippen LogP contribution in [-0.4, -0.2) is 24.1 Å². The second kappa shape index (κ2) is 8.29. The molecule has 3 amide bonds. The highest BCUT2D eigenvalue weighted by Gasteiger charge is 2.21. The minimum Gasteiger partial charge on any atom is -0.480 e. The summed E-state index contributed by atoms with van der Waals surface area (Å²) >= 11 is 3.17. The van der Waals surface area contributed by atoms with E-state index in [0.29, 0.717) is 10.2 Å². The van der Waals surface area contributed by atoms with Crippen LogP contribution in [-0.2, 0) is 4.79 Å². The van der Waals surface area contributed by atoms with Crippen LogP contribution >= 0.6 is 15.9 Å². The van der Waals surface area contributed by atoms with Crippen LogP contribution in [0.1, 0.15) is 39.0 Å². The molecular weight excluding hydrogens is 367 g/mol. The highest BCUT2D eigenvalue weighted by molar-refractivity contribution is 9.10. The summed E-state index contributed by atoms with van der Waals surface area (Å²) in [5.74, 6) is -0.621. The van der Waals surface area contributed by atoms with Crippen molar-refractivity contribution >= 4 is 27.9 Å². The Labute approximate surface area is 143 Å². The number of halogens is 2. The molecule has 0 heterocycles. The van der Waals surface area contributed by atoms with Gasteiger partial charge in [-0.2, -0.15) is 0 Å². The molecule has 0 bridgehead atoms. The third kappa shape index (κ3) is 5.49. The van der Waals surface area contributed by atoms with E-state index in [2.05, 4.69) is 26.6 Å². The van der Waals surface area contributed by atoms with E-state index < -0.39 is 23.9 Å². The van der Waals surface area contributed by atoms with Crippen molar-refractivity contribution in [2.45, 2.75) is 51.2 Å². The molecule has 2 N–H and O–H groups in total. The molecule has 2 rings (SSSR count). The van der Waals surface area contributed by atoms with E-state index >= 15 is 0 Å². The van der Waals surface area contributed by atoms with Crippen molar-refractivity contribution in [1.29, 1.82) is 0 Å². The van der Waals surface area contributed by atoms with E-state index in [4.69, 9.17) is 4.74 Å². The summed E-state index contributed by atoms with van der Waals surface area (Å²) < 4.78 is 18.9. The van der Waals surface area contributed by atoms with Crippen molar-refractivity contribution in [1.82, 2.24) is 10.6 Å². The molecule has 0 aliphatic heterocycles. The predicted molar refractivity (Wildman–Crippen MR) is 87.7 cm³/mol. The molecule has 1 aliphatic carbocycles. The van der Waals surface area contributed by atoms with Gasteiger partial charge >= 0.3 is 6.03 Å². The second-order valence-electron chi connectivity index (χ2n) is 5.63. The minimum absolute atomic E-state index is 0.124. The molecular formula is C16H20BrFN2O3. The first-order valence-corrected chi connectivity index (χ1v) is 8.48. The smallest absolute Gasteiger partial charge is 0.321 e. The minimum atomic E-state index is -0.881. The molecule has 0 saturated heterocycles. The van der Waals surface area contributed by atoms with Gasteiger partial charge in [-0.1, -0.05) is 19.3 Å². The standard InChI is InChI=1S/C16H20BrFN2O3/c1-10(23-14-8-7-11(18)9-13(14)17)15(21)20-16(22)19-12-5-3-2-4-6-12/h7-10,12H,2-6H2,1H3,(H2,19,20,21,22)/t10-/m0/s1. The van der Waals surface area contributed by atoms with Gasteiger partial charge in [0.2, 0.25) is 0 Å². The number of carbonyl (C=O) groups excluding carboxylic acids is 2. The van der Waals surface area contributed by atoms with Crippen LogP contribution in [0.2, 0.25) is 0 Å². The maximum Gasteiger partial charge on any atom is 0.321 e. The molecule has 0 spiro atoms. The summed E-state index contributed by atoms with van der Waals surface area (Å²) in [7, 11) is 0. The normalized spacial score (nSPS) is 16.5. The fourth-order valence-corrected chi connectivity index (χ4v) is 2.94. The molecule has 1 aromatic carbocycles. The van der Waals surface area contributed by atoms with Crippen LogP contribution in [0.15, 0.2) is 22.7 Å². The van der Waals surface area contributed by atoms with Crippen LogP contribution in [0.5, 0.6) is 5.75 Å². The highest BCUT2D eigenvalue weighted by Crippen LogP contribution is 2.26. The lowest BCUT2D eigenvalue weighted by Gasteiger charge is -2.23. The van der Waals surface area contributed by atoms with Gasteiger partial charge in [-0.25, -0.2) is 9.18 Å². The van der Waals surface area contributed by atoms with Crippen molar-refractivity contribution in [2.24, 2.45) is 0 Å². The zero-order chi connectivity index (χ0) is 16.8. The van der Waals surface area contributed by atoms with Crippen molar-refractivity contribution < 1.29 is 18.7 Å². The first-order valence-electron chi connectivity index (χ1n) is 7.69. The third-order valence-electron chi connectivity index (χ3n) is 3.74. The SMILES string of the molecule is C[C@H](Oc1ccc(F)cc1Br)C(=O)NC(=O)NC1CCCCC1. The van der Waals surface area contributed by atoms with Crippen molar-refractivity contribution in [3.63, 3.8) is 0 Å². The fourth-order valence-electron chi connectivity index (χ4n) is 2.50. The molecule has 1 fully saturated rings. The van der Waals surface area contributed by atoms with Crippen LogP contribution in [0, 0.1) is 5.82 Å². The third-order valence-corrected chi connectivity index (χ3v) is 4.36. The van der Waals surface area contributed by atoms with Gasteiger partial charge in [0.15, 0.2) is 6.10 Å². The number of nitrogens with one attached hydrogen (secondary N) is 2. The van der Waals surface area contributed by atoms with Gasteiger partial charge in [-0.15, -0.1) is 0 Å². The van der Waals surface area contributed by atoms with Crippen molar-refractivity contribution in [3.8, 4) is 5.75 Å². The topological polar surface area (TPSA) is 67.4 Å². The molecule has 1 atom stereocenters. The van der Waals surface area contributed by atoms with Crippen LogP contribution in [0.4, 0.5) is 9.18 Å². The number of benzene rings is 1. The average Bonchev–Trinajstić information content (AvgIpc) is 2.50. The molecule has 1 aliphatic rings. The fraction of sp³-hybridized carbons (Fsp3) is 0.500. The van der Waals surface area contributed by atoms with Gasteiger partial charge in [-0.3, -0.25) is 10.1 Å². The monoisotopic (exact) mass is 386 g/mol. The number of rotatable bonds is 4. The van der Waals surface area contributed by atoms with Gasteiger partial charge in [-0.05, 0) is 53.9 Å². The van der Waals surface area contributed by atoms with Crippen LogP contribution in [0.25, 0.3) is 0 Å². The molecule has 0 aromatic heterocycles. The van der Waals surface area contributed by atoms with Gasteiger partial charge in [0.05, 0.1) is 4.47 Å². The van der Waals surface area contributed by atoms with E-state index in [1.807, 2.05) is 0 Å². The Hall–Kier alpha value is -1.63. The predicted octanol–water partition coefficient (Wildman–Crippen LogP) is 3.51. The van der Waals surface area contributed by atoms with E-state index in [1.54, 1.807) is 0 Å². The highest BCUT2D eigenvalue weighted by atomic mass is 79.9. The van der Waals surface area contributed by atoms with Crippen LogP contribution in [0.3, 0.4) is 0 Å². The van der Waals surface area contributed by atoms with Crippen LogP contribution < -0.4 is 15.4 Å². The molecule has 1 aromatic rings. The van der Waals surface area contributed by atoms with Gasteiger partial charge < -0.3 is 10.1 Å². The van der Waals surface area contributed by atoms with Gasteiger partial charge in [0, 0.05) is 6.04 Å².